The second-order valence-corrected chi connectivity index (χ2v) is 11.7. The molecule has 0 bridgehead atoms. The van der Waals surface area contributed by atoms with Crippen LogP contribution in [0.1, 0.15) is 37.3 Å². The number of hydrogen-bond acceptors (Lipinski definition) is 7. The van der Waals surface area contributed by atoms with Gasteiger partial charge < -0.3 is 14.7 Å². The number of aliphatic hydroxyl groups is 1. The first-order valence-electron chi connectivity index (χ1n) is 12.8. The molecule has 2 aromatic carbocycles. The van der Waals surface area contributed by atoms with E-state index in [4.69, 9.17) is 4.74 Å². The van der Waals surface area contributed by atoms with Crippen LogP contribution in [-0.2, 0) is 26.0 Å². The maximum absolute atomic E-state index is 13.6. The lowest BCUT2D eigenvalue weighted by Crippen LogP contribution is -2.22. The number of benzene rings is 2. The van der Waals surface area contributed by atoms with Crippen molar-refractivity contribution in [3.63, 3.8) is 0 Å². The number of ether oxygens (including phenoxy) is 1. The van der Waals surface area contributed by atoms with E-state index in [9.17, 15) is 31.5 Å². The Kier molecular flexibility index (Phi) is 12.1. The highest BCUT2D eigenvalue weighted by Crippen LogP contribution is 2.34. The topological polar surface area (TPSA) is 96.3 Å². The molecule has 2 rings (SSSR count). The van der Waals surface area contributed by atoms with Crippen molar-refractivity contribution in [1.82, 2.24) is 4.90 Å². The largest absolute Gasteiger partial charge is 0.464 e. The van der Waals surface area contributed by atoms with Crippen LogP contribution in [0.3, 0.4) is 0 Å². The quantitative estimate of drug-likeness (QED) is 0.258. The van der Waals surface area contributed by atoms with E-state index in [1.807, 2.05) is 25.9 Å². The fraction of sp³-hybridized carbons (Fsp3) is 0.448. The Bertz CT molecular complexity index is 1320. The molecular weight excluding hydrogens is 545 g/mol. The summed E-state index contributed by atoms with van der Waals surface area (Å²) >= 11 is 0. The number of aliphatic imine (C=N–C) groups is 1. The van der Waals surface area contributed by atoms with E-state index >= 15 is 0 Å². The fourth-order valence-electron chi connectivity index (χ4n) is 4.21. The Morgan fingerprint density at radius 1 is 1.12 bits per heavy atom. The van der Waals surface area contributed by atoms with Crippen molar-refractivity contribution in [3.05, 3.63) is 59.7 Å². The molecule has 0 fully saturated rings. The highest BCUT2D eigenvalue weighted by atomic mass is 32.2. The number of esters is 1. The van der Waals surface area contributed by atoms with E-state index < -0.39 is 34.3 Å². The van der Waals surface area contributed by atoms with Gasteiger partial charge >= 0.3 is 12.1 Å². The maximum Gasteiger partial charge on any atom is 0.432 e. The summed E-state index contributed by atoms with van der Waals surface area (Å²) in [5.41, 5.74) is 1.38. The third-order valence-corrected chi connectivity index (χ3v) is 7.62. The van der Waals surface area contributed by atoms with E-state index in [0.717, 1.165) is 19.4 Å². The van der Waals surface area contributed by atoms with Crippen LogP contribution in [0, 0.1) is 5.92 Å². The summed E-state index contributed by atoms with van der Waals surface area (Å²) in [5, 5.41) is 9.52. The molecule has 1 unspecified atom stereocenters. The Morgan fingerprint density at radius 3 is 2.25 bits per heavy atom. The smallest absolute Gasteiger partial charge is 0.432 e. The normalized spacial score (nSPS) is 13.9. The van der Waals surface area contributed by atoms with Crippen LogP contribution in [0.5, 0.6) is 0 Å². The zero-order valence-corrected chi connectivity index (χ0v) is 24.3. The van der Waals surface area contributed by atoms with Gasteiger partial charge in [0.25, 0.3) is 0 Å². The summed E-state index contributed by atoms with van der Waals surface area (Å²) in [6, 6.07) is 11.4. The predicted octanol–water partition coefficient (Wildman–Crippen LogP) is 5.18. The lowest BCUT2D eigenvalue weighted by Gasteiger charge is -2.21. The molecule has 2 aromatic rings. The van der Waals surface area contributed by atoms with E-state index in [0.29, 0.717) is 41.6 Å². The van der Waals surface area contributed by atoms with Gasteiger partial charge in [0.1, 0.15) is 12.3 Å². The lowest BCUT2D eigenvalue weighted by molar-refractivity contribution is -0.144. The Labute approximate surface area is 234 Å². The van der Waals surface area contributed by atoms with Gasteiger partial charge in [-0.05, 0) is 72.8 Å². The van der Waals surface area contributed by atoms with E-state index in [1.54, 1.807) is 30.3 Å². The molecule has 220 valence electrons. The van der Waals surface area contributed by atoms with Gasteiger partial charge in [-0.2, -0.15) is 13.2 Å². The molecule has 0 saturated heterocycles. The van der Waals surface area contributed by atoms with Gasteiger partial charge in [-0.15, -0.1) is 0 Å². The van der Waals surface area contributed by atoms with Crippen molar-refractivity contribution in [3.8, 4) is 11.1 Å². The number of alkyl halides is 3. The van der Waals surface area contributed by atoms with Gasteiger partial charge in [-0.25, -0.2) is 8.42 Å². The van der Waals surface area contributed by atoms with Crippen LogP contribution in [-0.4, -0.2) is 76.8 Å². The lowest BCUT2D eigenvalue weighted by atomic mass is 9.85. The molecule has 0 aliphatic heterocycles. The van der Waals surface area contributed by atoms with E-state index in [1.165, 1.54) is 12.1 Å². The van der Waals surface area contributed by atoms with Crippen molar-refractivity contribution in [2.45, 2.75) is 43.9 Å². The van der Waals surface area contributed by atoms with Crippen LogP contribution < -0.4 is 0 Å². The molecule has 0 saturated carbocycles. The van der Waals surface area contributed by atoms with Crippen LogP contribution in [0.25, 0.3) is 16.7 Å². The molecule has 0 spiro atoms. The summed E-state index contributed by atoms with van der Waals surface area (Å²) in [7, 11) is 1.19. The zero-order chi connectivity index (χ0) is 30.1. The molecule has 0 amide bonds. The Morgan fingerprint density at radius 2 is 1.75 bits per heavy atom. The van der Waals surface area contributed by atoms with Gasteiger partial charge in [-0.1, -0.05) is 43.3 Å². The molecule has 0 radical (unpaired) electrons. The number of sulfone groups is 1. The summed E-state index contributed by atoms with van der Waals surface area (Å²) in [5.74, 6) is -0.796. The number of aliphatic hydroxyl groups excluding tert-OH is 1. The summed E-state index contributed by atoms with van der Waals surface area (Å²) in [4.78, 5) is 17.6. The van der Waals surface area contributed by atoms with Gasteiger partial charge in [0, 0.05) is 26.3 Å². The van der Waals surface area contributed by atoms with Gasteiger partial charge in [-0.3, -0.25) is 9.79 Å². The summed E-state index contributed by atoms with van der Waals surface area (Å²) in [6.07, 6.45) is -1.74. The molecule has 11 heteroatoms. The number of carbonyl (C=O) groups is 1. The van der Waals surface area contributed by atoms with Gasteiger partial charge in [0.2, 0.25) is 0 Å². The van der Waals surface area contributed by atoms with Gasteiger partial charge in [0.15, 0.2) is 9.84 Å². The summed E-state index contributed by atoms with van der Waals surface area (Å²) < 4.78 is 70.6. The molecule has 1 atom stereocenters. The molecule has 0 aliphatic rings. The minimum absolute atomic E-state index is 0.00894. The number of likely N-dealkylation sites (N-methyl/N-ethyl adjacent to an activating group) is 1. The third kappa shape index (κ3) is 9.57. The minimum atomic E-state index is -4.65. The molecule has 40 heavy (non-hydrogen) atoms. The average molecular weight is 583 g/mol. The second kappa shape index (κ2) is 14.6. The fourth-order valence-corrected chi connectivity index (χ4v) is 5.16. The highest BCUT2D eigenvalue weighted by Gasteiger charge is 2.34. The Balaban J connectivity index is 2.44. The van der Waals surface area contributed by atoms with Crippen LogP contribution in [0.4, 0.5) is 13.2 Å². The maximum atomic E-state index is 13.6. The number of allylic oxidation sites excluding steroid dienone is 2. The van der Waals surface area contributed by atoms with Gasteiger partial charge in [0.05, 0.1) is 11.5 Å². The first kappa shape index (κ1) is 33.2. The second-order valence-electron chi connectivity index (χ2n) is 9.70. The molecule has 0 aromatic heterocycles. The zero-order valence-electron chi connectivity index (χ0n) is 23.5. The number of carbonyl (C=O) groups excluding carboxylic acids is 1. The minimum Gasteiger partial charge on any atom is -0.464 e. The number of rotatable bonds is 13. The first-order chi connectivity index (χ1) is 18.7. The molecule has 0 aliphatic carbocycles. The van der Waals surface area contributed by atoms with E-state index in [-0.39, 0.29) is 29.4 Å². The predicted molar refractivity (Wildman–Crippen MR) is 151 cm³/mol. The summed E-state index contributed by atoms with van der Waals surface area (Å²) in [6.45, 7) is 2.21. The van der Waals surface area contributed by atoms with Crippen LogP contribution in [0.2, 0.25) is 0 Å². The van der Waals surface area contributed by atoms with E-state index in [2.05, 4.69) is 4.99 Å². The molecule has 1 N–H and O–H groups in total. The number of hydrogen-bond donors (Lipinski definition) is 1. The first-order valence-corrected chi connectivity index (χ1v) is 14.7. The van der Waals surface area contributed by atoms with Crippen LogP contribution >= 0.6 is 0 Å². The Hall–Kier alpha value is -3.02. The monoisotopic (exact) mass is 582 g/mol. The highest BCUT2D eigenvalue weighted by molar-refractivity contribution is 7.90. The third-order valence-electron chi connectivity index (χ3n) is 6.44. The van der Waals surface area contributed by atoms with Crippen LogP contribution in [0.15, 0.2) is 58.4 Å². The number of nitrogens with zero attached hydrogens (tertiary/aromatic N) is 2. The molecular formula is C29H37F3N2O5S. The van der Waals surface area contributed by atoms with Crippen molar-refractivity contribution in [2.75, 3.05) is 40.6 Å². The van der Waals surface area contributed by atoms with Crippen molar-refractivity contribution in [2.24, 2.45) is 10.9 Å². The average Bonchev–Trinajstić information content (AvgIpc) is 2.89. The van der Waals surface area contributed by atoms with Crippen molar-refractivity contribution in [1.29, 1.82) is 0 Å². The SMILES string of the molecule is CCC(CCC(=O)OCCN(C)C)/C(=C\C(=NC)C(F)(F)F)c1ccc(-c2ccc(CO)c(S(C)(=O)=O)c2)cc1. The number of halogens is 3. The molecule has 7 nitrogen and oxygen atoms in total. The standard InChI is InChI=1S/C29H37F3N2O5S/c1-6-20(13-14-28(36)39-16-15-34(3)4)25(18-27(33-2)29(30,31)32)22-9-7-21(8-10-22)23-11-12-24(19-35)26(17-23)40(5,37)38/h7-12,17-18,20,35H,6,13-16,19H2,1-5H3/b25-18+,33-27?. The van der Waals surface area contributed by atoms with Crippen molar-refractivity contribution < 1.29 is 36.2 Å². The molecule has 0 heterocycles. The van der Waals surface area contributed by atoms with Crippen molar-refractivity contribution >= 4 is 27.1 Å².